The molecule has 1 fully saturated rings. The maximum Gasteiger partial charge on any atom is 0.257 e. The number of amides is 1. The van der Waals surface area contributed by atoms with E-state index in [0.29, 0.717) is 23.1 Å². The van der Waals surface area contributed by atoms with Crippen molar-refractivity contribution in [3.8, 4) is 5.75 Å². The van der Waals surface area contributed by atoms with Gasteiger partial charge < -0.3 is 19.9 Å². The minimum absolute atomic E-state index is 0.0818. The Morgan fingerprint density at radius 3 is 2.85 bits per heavy atom. The van der Waals surface area contributed by atoms with E-state index in [1.165, 1.54) is 11.1 Å². The van der Waals surface area contributed by atoms with Gasteiger partial charge in [-0.2, -0.15) is 0 Å². The molecule has 0 spiro atoms. The summed E-state index contributed by atoms with van der Waals surface area (Å²) in [6, 6.07) is 15.9. The summed E-state index contributed by atoms with van der Waals surface area (Å²) in [7, 11) is 1.87. The van der Waals surface area contributed by atoms with E-state index in [9.17, 15) is 9.35 Å². The van der Waals surface area contributed by atoms with Gasteiger partial charge in [0.2, 0.25) is 4.90 Å². The van der Waals surface area contributed by atoms with Crippen LogP contribution in [0.15, 0.2) is 53.4 Å². The third-order valence-electron chi connectivity index (χ3n) is 6.54. The summed E-state index contributed by atoms with van der Waals surface area (Å²) in [5, 5.41) is 6.29. The SMILES string of the molecule is CN(CC1CCNC1)[S+]([O-])c1ccccc1OCC(=O)NCCCN1CCc2ccccc2C1. The summed E-state index contributed by atoms with van der Waals surface area (Å²) < 4.78 is 20.7. The van der Waals surface area contributed by atoms with Gasteiger partial charge in [0.1, 0.15) is 0 Å². The van der Waals surface area contributed by atoms with Crippen molar-refractivity contribution in [2.75, 3.05) is 52.9 Å². The molecule has 2 aliphatic rings. The molecule has 0 aromatic heterocycles. The van der Waals surface area contributed by atoms with E-state index in [2.05, 4.69) is 39.8 Å². The van der Waals surface area contributed by atoms with Crippen LogP contribution < -0.4 is 15.4 Å². The largest absolute Gasteiger partial charge is 0.593 e. The van der Waals surface area contributed by atoms with Crippen LogP contribution in [0.25, 0.3) is 0 Å². The van der Waals surface area contributed by atoms with Gasteiger partial charge in [-0.3, -0.25) is 9.69 Å². The van der Waals surface area contributed by atoms with Crippen molar-refractivity contribution in [1.29, 1.82) is 0 Å². The first kappa shape index (κ1) is 25.0. The minimum atomic E-state index is -1.33. The molecule has 0 aliphatic carbocycles. The highest BCUT2D eigenvalue weighted by molar-refractivity contribution is 7.89. The average molecular weight is 485 g/mol. The second kappa shape index (κ2) is 12.6. The first-order valence-electron chi connectivity index (χ1n) is 12.2. The molecule has 0 radical (unpaired) electrons. The molecule has 8 heteroatoms. The molecule has 2 atom stereocenters. The number of para-hydroxylation sites is 1. The molecule has 0 saturated carbocycles. The summed E-state index contributed by atoms with van der Waals surface area (Å²) in [5.41, 5.74) is 2.86. The normalized spacial score (nSPS) is 19.1. The third kappa shape index (κ3) is 6.96. The van der Waals surface area contributed by atoms with Gasteiger partial charge in [0.15, 0.2) is 12.4 Å². The van der Waals surface area contributed by atoms with Crippen LogP contribution in [0.4, 0.5) is 0 Å². The van der Waals surface area contributed by atoms with Gasteiger partial charge in [0.05, 0.1) is 11.4 Å². The lowest BCUT2D eigenvalue weighted by molar-refractivity contribution is -0.123. The van der Waals surface area contributed by atoms with Gasteiger partial charge >= 0.3 is 0 Å². The minimum Gasteiger partial charge on any atom is -0.593 e. The Hall–Kier alpha value is -2.10. The summed E-state index contributed by atoms with van der Waals surface area (Å²) in [4.78, 5) is 15.4. The molecule has 2 unspecified atom stereocenters. The van der Waals surface area contributed by atoms with Crippen LogP contribution in [0.1, 0.15) is 24.0 Å². The Kier molecular flexibility index (Phi) is 9.24. The molecule has 184 valence electrons. The molecule has 2 aliphatic heterocycles. The van der Waals surface area contributed by atoms with Gasteiger partial charge in [0.25, 0.3) is 5.91 Å². The zero-order valence-corrected chi connectivity index (χ0v) is 20.8. The molecule has 2 heterocycles. The first-order chi connectivity index (χ1) is 16.6. The number of hydrogen-bond donors (Lipinski definition) is 2. The number of ether oxygens (including phenoxy) is 1. The Bertz CT molecular complexity index is 938. The number of carbonyl (C=O) groups excluding carboxylic acids is 1. The zero-order valence-electron chi connectivity index (χ0n) is 20.0. The van der Waals surface area contributed by atoms with Gasteiger partial charge in [-0.25, -0.2) is 0 Å². The van der Waals surface area contributed by atoms with Crippen LogP contribution in [0, 0.1) is 5.92 Å². The number of nitrogens with one attached hydrogen (secondary N) is 2. The second-order valence-electron chi connectivity index (χ2n) is 9.15. The van der Waals surface area contributed by atoms with Gasteiger partial charge in [-0.1, -0.05) is 36.4 Å². The Labute approximate surface area is 206 Å². The lowest BCUT2D eigenvalue weighted by Gasteiger charge is -2.28. The van der Waals surface area contributed by atoms with Crippen LogP contribution in [0.2, 0.25) is 0 Å². The molecule has 7 nitrogen and oxygen atoms in total. The van der Waals surface area contributed by atoms with Crippen LogP contribution >= 0.6 is 0 Å². The first-order valence-corrected chi connectivity index (χ1v) is 13.3. The van der Waals surface area contributed by atoms with E-state index in [4.69, 9.17) is 4.74 Å². The van der Waals surface area contributed by atoms with Crippen molar-refractivity contribution in [2.24, 2.45) is 5.92 Å². The quantitative estimate of drug-likeness (QED) is 0.376. The molecule has 2 N–H and O–H groups in total. The Morgan fingerprint density at radius 2 is 2.03 bits per heavy atom. The fourth-order valence-corrected chi connectivity index (χ4v) is 5.83. The maximum atomic E-state index is 13.1. The molecule has 1 amide bonds. The highest BCUT2D eigenvalue weighted by Crippen LogP contribution is 2.27. The number of rotatable bonds is 11. The standard InChI is InChI=1S/C26H36N4O3S/c1-29(18-21-11-14-27-17-21)34(32)25-10-5-4-9-24(25)33-20-26(31)28-13-6-15-30-16-12-22-7-2-3-8-23(22)19-30/h2-5,7-10,21,27H,6,11-20H2,1H3,(H,28,31). The fourth-order valence-electron chi connectivity index (χ4n) is 4.65. The van der Waals surface area contributed by atoms with Crippen LogP contribution in [0.3, 0.4) is 0 Å². The van der Waals surface area contributed by atoms with E-state index in [-0.39, 0.29) is 12.5 Å². The Balaban J connectivity index is 1.18. The predicted octanol–water partition coefficient (Wildman–Crippen LogP) is 2.19. The van der Waals surface area contributed by atoms with Crippen molar-refractivity contribution >= 4 is 17.3 Å². The van der Waals surface area contributed by atoms with Gasteiger partial charge in [-0.05, 0) is 61.5 Å². The molecular weight excluding hydrogens is 448 g/mol. The van der Waals surface area contributed by atoms with Crippen molar-refractivity contribution in [3.63, 3.8) is 0 Å². The zero-order chi connectivity index (χ0) is 23.8. The van der Waals surface area contributed by atoms with E-state index in [1.54, 1.807) is 6.07 Å². The molecule has 2 aromatic rings. The van der Waals surface area contributed by atoms with Crippen molar-refractivity contribution < 1.29 is 14.1 Å². The molecule has 34 heavy (non-hydrogen) atoms. The summed E-state index contributed by atoms with van der Waals surface area (Å²) >= 11 is -1.33. The van der Waals surface area contributed by atoms with Crippen molar-refractivity contribution in [2.45, 2.75) is 30.7 Å². The summed E-state index contributed by atoms with van der Waals surface area (Å²) in [6.07, 6.45) is 3.09. The number of hydrogen-bond acceptors (Lipinski definition) is 6. The number of fused-ring (bicyclic) bond motifs is 1. The van der Waals surface area contributed by atoms with E-state index >= 15 is 0 Å². The lowest BCUT2D eigenvalue weighted by Crippen LogP contribution is -2.35. The summed E-state index contributed by atoms with van der Waals surface area (Å²) in [6.45, 7) is 6.28. The number of carbonyl (C=O) groups is 1. The third-order valence-corrected chi connectivity index (χ3v) is 7.97. The highest BCUT2D eigenvalue weighted by atomic mass is 32.2. The topological polar surface area (TPSA) is 79.9 Å². The second-order valence-corrected chi connectivity index (χ2v) is 10.7. The van der Waals surface area contributed by atoms with Crippen LogP contribution in [-0.2, 0) is 29.1 Å². The molecule has 2 aromatic carbocycles. The van der Waals surface area contributed by atoms with Gasteiger partial charge in [-0.15, -0.1) is 4.31 Å². The fraction of sp³-hybridized carbons (Fsp3) is 0.500. The summed E-state index contributed by atoms with van der Waals surface area (Å²) in [5.74, 6) is 0.849. The van der Waals surface area contributed by atoms with Crippen LogP contribution in [0.5, 0.6) is 5.75 Å². The van der Waals surface area contributed by atoms with E-state index in [0.717, 1.165) is 58.5 Å². The molecule has 1 saturated heterocycles. The number of benzene rings is 2. The van der Waals surface area contributed by atoms with E-state index in [1.807, 2.05) is 29.6 Å². The lowest BCUT2D eigenvalue weighted by atomic mass is 10.00. The molecule has 0 bridgehead atoms. The van der Waals surface area contributed by atoms with Crippen LogP contribution in [-0.4, -0.2) is 72.6 Å². The maximum absolute atomic E-state index is 13.1. The van der Waals surface area contributed by atoms with Crippen molar-refractivity contribution in [1.82, 2.24) is 19.8 Å². The smallest absolute Gasteiger partial charge is 0.257 e. The Morgan fingerprint density at radius 1 is 1.24 bits per heavy atom. The average Bonchev–Trinajstić information content (AvgIpc) is 3.38. The van der Waals surface area contributed by atoms with Crippen molar-refractivity contribution in [3.05, 3.63) is 59.7 Å². The number of nitrogens with zero attached hydrogens (tertiary/aromatic N) is 2. The molecular formula is C26H36N4O3S. The predicted molar refractivity (Wildman–Crippen MR) is 135 cm³/mol. The van der Waals surface area contributed by atoms with Gasteiger partial charge in [0, 0.05) is 39.8 Å². The molecule has 4 rings (SSSR count). The monoisotopic (exact) mass is 484 g/mol. The highest BCUT2D eigenvalue weighted by Gasteiger charge is 2.27. The van der Waals surface area contributed by atoms with E-state index < -0.39 is 11.4 Å².